The molecule has 11 heteroatoms. The third-order valence-electron chi connectivity index (χ3n) is 6.55. The summed E-state index contributed by atoms with van der Waals surface area (Å²) in [6.07, 6.45) is 1.68. The number of carbonyl (C=O) groups excluding carboxylic acids is 4. The minimum Gasteiger partial charge on any atom is -0.480 e. The molecule has 4 amide bonds. The minimum absolute atomic E-state index is 0.0401. The van der Waals surface area contributed by atoms with Crippen molar-refractivity contribution in [3.8, 4) is 0 Å². The summed E-state index contributed by atoms with van der Waals surface area (Å²) in [5.41, 5.74) is 11.8. The van der Waals surface area contributed by atoms with Crippen molar-refractivity contribution < 1.29 is 29.1 Å². The van der Waals surface area contributed by atoms with Crippen LogP contribution >= 0.6 is 0 Å². The maximum Gasteiger partial charge on any atom is 0.326 e. The van der Waals surface area contributed by atoms with Gasteiger partial charge in [-0.3, -0.25) is 19.2 Å². The highest BCUT2D eigenvalue weighted by Crippen LogP contribution is 2.20. The number of carboxylic acids is 1. The third kappa shape index (κ3) is 8.04. The first-order valence-electron chi connectivity index (χ1n) is 12.3. The lowest BCUT2D eigenvalue weighted by atomic mass is 9.96. The zero-order chi connectivity index (χ0) is 26.8. The number of nitrogens with zero attached hydrogens (tertiary/aromatic N) is 1. The first-order chi connectivity index (χ1) is 17.0. The topological polar surface area (TPSA) is 185 Å². The average molecular weight is 504 g/mol. The van der Waals surface area contributed by atoms with Crippen molar-refractivity contribution in [1.29, 1.82) is 0 Å². The number of hydrogen-bond acceptors (Lipinski definition) is 6. The summed E-state index contributed by atoms with van der Waals surface area (Å²) in [6, 6.07) is 5.00. The molecule has 2 rings (SSSR count). The molecular formula is C25H37N5O6. The van der Waals surface area contributed by atoms with E-state index in [0.29, 0.717) is 25.8 Å². The van der Waals surface area contributed by atoms with Gasteiger partial charge in [-0.05, 0) is 30.7 Å². The second kappa shape index (κ2) is 13.6. The fraction of sp³-hybridized carbons (Fsp3) is 0.560. The van der Waals surface area contributed by atoms with Crippen LogP contribution in [0.3, 0.4) is 0 Å². The van der Waals surface area contributed by atoms with Crippen LogP contribution in [0.15, 0.2) is 30.3 Å². The molecule has 1 saturated heterocycles. The Labute approximate surface area is 211 Å². The van der Waals surface area contributed by atoms with Gasteiger partial charge in [-0.25, -0.2) is 4.79 Å². The molecule has 1 fully saturated rings. The van der Waals surface area contributed by atoms with Gasteiger partial charge in [0, 0.05) is 19.4 Å². The number of carboxylic acid groups (broad SMARTS) is 1. The standard InChI is InChI=1S/C25H37N5O6/c1-3-15(2)21(23(33)28-18(25(35)36)14-16-8-5-4-6-9-16)29-22(32)19-10-7-13-30(19)24(34)17(26)11-12-20(27)31/h4-6,8-9,15,17-19,21H,3,7,10-14,26H2,1-2H3,(H2,27,31)(H,28,33)(H,29,32)(H,35,36). The van der Waals surface area contributed by atoms with Crippen LogP contribution in [0.25, 0.3) is 0 Å². The van der Waals surface area contributed by atoms with E-state index in [4.69, 9.17) is 11.5 Å². The molecule has 1 heterocycles. The zero-order valence-corrected chi connectivity index (χ0v) is 20.8. The molecule has 1 aromatic carbocycles. The number of rotatable bonds is 13. The number of likely N-dealkylation sites (tertiary alicyclic amines) is 1. The molecule has 0 bridgehead atoms. The Hall–Kier alpha value is -3.47. The Morgan fingerprint density at radius 1 is 1.14 bits per heavy atom. The number of aliphatic carboxylic acids is 1. The van der Waals surface area contributed by atoms with Crippen molar-refractivity contribution in [2.45, 2.75) is 76.5 Å². The normalized spacial score (nSPS) is 18.5. The number of benzene rings is 1. The van der Waals surface area contributed by atoms with Crippen molar-refractivity contribution in [1.82, 2.24) is 15.5 Å². The second-order valence-electron chi connectivity index (χ2n) is 9.26. The van der Waals surface area contributed by atoms with Gasteiger partial charge in [0.1, 0.15) is 18.1 Å². The van der Waals surface area contributed by atoms with Crippen molar-refractivity contribution in [2.75, 3.05) is 6.54 Å². The number of nitrogens with one attached hydrogen (secondary N) is 2. The molecule has 7 N–H and O–H groups in total. The molecule has 0 aromatic heterocycles. The van der Waals surface area contributed by atoms with E-state index in [1.807, 2.05) is 13.0 Å². The van der Waals surface area contributed by atoms with Crippen molar-refractivity contribution in [2.24, 2.45) is 17.4 Å². The molecule has 11 nitrogen and oxygen atoms in total. The molecule has 5 unspecified atom stereocenters. The summed E-state index contributed by atoms with van der Waals surface area (Å²) >= 11 is 0. The summed E-state index contributed by atoms with van der Waals surface area (Å²) in [4.78, 5) is 63.3. The highest BCUT2D eigenvalue weighted by atomic mass is 16.4. The molecule has 0 aliphatic carbocycles. The van der Waals surface area contributed by atoms with E-state index in [-0.39, 0.29) is 25.2 Å². The van der Waals surface area contributed by atoms with Gasteiger partial charge in [0.15, 0.2) is 0 Å². The van der Waals surface area contributed by atoms with Gasteiger partial charge in [-0.2, -0.15) is 0 Å². The summed E-state index contributed by atoms with van der Waals surface area (Å²) < 4.78 is 0. The molecule has 0 spiro atoms. The predicted molar refractivity (Wildman–Crippen MR) is 132 cm³/mol. The largest absolute Gasteiger partial charge is 0.480 e. The molecular weight excluding hydrogens is 466 g/mol. The fourth-order valence-electron chi connectivity index (χ4n) is 4.20. The molecule has 1 aromatic rings. The van der Waals surface area contributed by atoms with Crippen LogP contribution in [0.5, 0.6) is 0 Å². The smallest absolute Gasteiger partial charge is 0.326 e. The van der Waals surface area contributed by atoms with Crippen molar-refractivity contribution >= 4 is 29.6 Å². The van der Waals surface area contributed by atoms with Gasteiger partial charge in [0.05, 0.1) is 6.04 Å². The number of nitrogens with two attached hydrogens (primary N) is 2. The summed E-state index contributed by atoms with van der Waals surface area (Å²) in [5.74, 6) is -3.59. The first kappa shape index (κ1) is 28.8. The van der Waals surface area contributed by atoms with E-state index in [9.17, 15) is 29.1 Å². The van der Waals surface area contributed by atoms with Crippen LogP contribution in [0.4, 0.5) is 0 Å². The zero-order valence-electron chi connectivity index (χ0n) is 20.8. The van der Waals surface area contributed by atoms with Crippen molar-refractivity contribution in [3.05, 3.63) is 35.9 Å². The summed E-state index contributed by atoms with van der Waals surface area (Å²) in [6.45, 7) is 3.98. The van der Waals surface area contributed by atoms with Crippen LogP contribution in [0, 0.1) is 5.92 Å². The Balaban J connectivity index is 2.10. The number of primary amides is 1. The summed E-state index contributed by atoms with van der Waals surface area (Å²) in [5, 5.41) is 15.0. The first-order valence-corrected chi connectivity index (χ1v) is 12.3. The molecule has 1 aliphatic heterocycles. The molecule has 36 heavy (non-hydrogen) atoms. The Bertz CT molecular complexity index is 940. The van der Waals surface area contributed by atoms with Crippen molar-refractivity contribution in [3.63, 3.8) is 0 Å². The molecule has 198 valence electrons. The Morgan fingerprint density at radius 3 is 2.39 bits per heavy atom. The van der Waals surface area contributed by atoms with Gasteiger partial charge in [0.25, 0.3) is 0 Å². The number of amides is 4. The van der Waals surface area contributed by atoms with E-state index in [0.717, 1.165) is 5.56 Å². The van der Waals surface area contributed by atoms with E-state index in [2.05, 4.69) is 10.6 Å². The maximum atomic E-state index is 13.2. The Morgan fingerprint density at radius 2 is 1.81 bits per heavy atom. The third-order valence-corrected chi connectivity index (χ3v) is 6.55. The lowest BCUT2D eigenvalue weighted by Gasteiger charge is -2.30. The fourth-order valence-corrected chi connectivity index (χ4v) is 4.20. The van der Waals surface area contributed by atoms with E-state index >= 15 is 0 Å². The predicted octanol–water partition coefficient (Wildman–Crippen LogP) is -0.0868. The SMILES string of the molecule is CCC(C)C(NC(=O)C1CCCN1C(=O)C(N)CCC(N)=O)C(=O)NC(Cc1ccccc1)C(=O)O. The van der Waals surface area contributed by atoms with Gasteiger partial charge >= 0.3 is 5.97 Å². The monoisotopic (exact) mass is 503 g/mol. The van der Waals surface area contributed by atoms with Gasteiger partial charge in [-0.15, -0.1) is 0 Å². The minimum atomic E-state index is -1.18. The number of carbonyl (C=O) groups is 5. The maximum absolute atomic E-state index is 13.2. The Kier molecular flexibility index (Phi) is 10.8. The van der Waals surface area contributed by atoms with Crippen LogP contribution in [0.1, 0.15) is 51.5 Å². The highest BCUT2D eigenvalue weighted by molar-refractivity contribution is 5.94. The van der Waals surface area contributed by atoms with Gasteiger partial charge < -0.3 is 32.1 Å². The van der Waals surface area contributed by atoms with Crippen LogP contribution in [0.2, 0.25) is 0 Å². The quantitative estimate of drug-likeness (QED) is 0.249. The van der Waals surface area contributed by atoms with Gasteiger partial charge in [0.2, 0.25) is 23.6 Å². The molecule has 0 saturated carbocycles. The average Bonchev–Trinajstić information content (AvgIpc) is 3.34. The van der Waals surface area contributed by atoms with Crippen LogP contribution in [-0.2, 0) is 30.4 Å². The van der Waals surface area contributed by atoms with Crippen LogP contribution in [-0.4, -0.2) is 70.3 Å². The van der Waals surface area contributed by atoms with E-state index in [1.54, 1.807) is 31.2 Å². The highest BCUT2D eigenvalue weighted by Gasteiger charge is 2.38. The second-order valence-corrected chi connectivity index (χ2v) is 9.26. The molecule has 5 atom stereocenters. The van der Waals surface area contributed by atoms with Gasteiger partial charge in [-0.1, -0.05) is 50.6 Å². The molecule has 1 aliphatic rings. The molecule has 0 radical (unpaired) electrons. The van der Waals surface area contributed by atoms with E-state index < -0.39 is 53.8 Å². The van der Waals surface area contributed by atoms with Crippen LogP contribution < -0.4 is 22.1 Å². The van der Waals surface area contributed by atoms with E-state index in [1.165, 1.54) is 4.90 Å². The summed E-state index contributed by atoms with van der Waals surface area (Å²) in [7, 11) is 0. The number of hydrogen-bond donors (Lipinski definition) is 5. The lowest BCUT2D eigenvalue weighted by molar-refractivity contribution is -0.143. The lowest BCUT2D eigenvalue weighted by Crippen LogP contribution is -2.58.